The Hall–Kier alpha value is -2.24. The van der Waals surface area contributed by atoms with Gasteiger partial charge in [-0.05, 0) is 32.3 Å². The third-order valence-electron chi connectivity index (χ3n) is 3.72. The van der Waals surface area contributed by atoms with Crippen LogP contribution in [0.15, 0.2) is 24.3 Å². The molecular formula is C15H18N2O4. The minimum Gasteiger partial charge on any atom is -0.335 e. The van der Waals surface area contributed by atoms with Crippen LogP contribution in [0.25, 0.3) is 0 Å². The van der Waals surface area contributed by atoms with E-state index in [0.717, 1.165) is 19.3 Å². The molecule has 1 aromatic carbocycles. The maximum atomic E-state index is 12.6. The van der Waals surface area contributed by atoms with E-state index < -0.39 is 4.92 Å². The van der Waals surface area contributed by atoms with Gasteiger partial charge in [-0.3, -0.25) is 19.7 Å². The summed E-state index contributed by atoms with van der Waals surface area (Å²) in [6, 6.07) is 5.65. The summed E-state index contributed by atoms with van der Waals surface area (Å²) in [7, 11) is 0. The van der Waals surface area contributed by atoms with Gasteiger partial charge in [0.1, 0.15) is 5.78 Å². The number of non-ortho nitro benzene ring substituents is 1. The molecule has 1 aliphatic rings. The second-order valence-corrected chi connectivity index (χ2v) is 5.36. The molecular weight excluding hydrogens is 272 g/mol. The third-order valence-corrected chi connectivity index (χ3v) is 3.72. The molecule has 6 heteroatoms. The first-order valence-electron chi connectivity index (χ1n) is 7.04. The lowest BCUT2D eigenvalue weighted by Crippen LogP contribution is -2.44. The van der Waals surface area contributed by atoms with Crippen LogP contribution in [0.1, 0.15) is 43.0 Å². The second-order valence-electron chi connectivity index (χ2n) is 5.36. The van der Waals surface area contributed by atoms with Gasteiger partial charge < -0.3 is 4.90 Å². The van der Waals surface area contributed by atoms with Gasteiger partial charge in [0.05, 0.1) is 4.92 Å². The number of carbonyl (C=O) groups is 2. The lowest BCUT2D eigenvalue weighted by Gasteiger charge is -2.35. The third kappa shape index (κ3) is 3.65. The Labute approximate surface area is 122 Å². The molecule has 0 radical (unpaired) electrons. The number of rotatable bonds is 4. The molecule has 0 aromatic heterocycles. The Bertz CT molecular complexity index is 571. The first kappa shape index (κ1) is 15.2. The molecule has 0 saturated carbocycles. The molecule has 112 valence electrons. The summed E-state index contributed by atoms with van der Waals surface area (Å²) >= 11 is 0. The van der Waals surface area contributed by atoms with Crippen molar-refractivity contribution in [3.63, 3.8) is 0 Å². The smallest absolute Gasteiger partial charge is 0.270 e. The van der Waals surface area contributed by atoms with Gasteiger partial charge in [0.15, 0.2) is 0 Å². The number of hydrogen-bond donors (Lipinski definition) is 0. The van der Waals surface area contributed by atoms with E-state index in [9.17, 15) is 19.7 Å². The van der Waals surface area contributed by atoms with Gasteiger partial charge >= 0.3 is 0 Å². The summed E-state index contributed by atoms with van der Waals surface area (Å²) in [5, 5.41) is 10.8. The topological polar surface area (TPSA) is 80.5 Å². The van der Waals surface area contributed by atoms with Gasteiger partial charge in [0, 0.05) is 36.7 Å². The normalized spacial score (nSPS) is 18.3. The van der Waals surface area contributed by atoms with Crippen molar-refractivity contribution in [1.82, 2.24) is 4.90 Å². The molecule has 0 bridgehead atoms. The van der Waals surface area contributed by atoms with E-state index in [1.807, 2.05) is 0 Å². The van der Waals surface area contributed by atoms with Crippen LogP contribution >= 0.6 is 0 Å². The fourth-order valence-electron chi connectivity index (χ4n) is 2.73. The van der Waals surface area contributed by atoms with E-state index in [4.69, 9.17) is 0 Å². The van der Waals surface area contributed by atoms with E-state index in [1.165, 1.54) is 25.1 Å². The molecule has 1 aliphatic heterocycles. The van der Waals surface area contributed by atoms with Crippen LogP contribution in [0.2, 0.25) is 0 Å². The molecule has 6 nitrogen and oxygen atoms in total. The van der Waals surface area contributed by atoms with Gasteiger partial charge in [-0.15, -0.1) is 0 Å². The summed E-state index contributed by atoms with van der Waals surface area (Å²) in [5.74, 6) is -0.177. The van der Waals surface area contributed by atoms with Gasteiger partial charge in [-0.25, -0.2) is 0 Å². The first-order valence-corrected chi connectivity index (χ1v) is 7.04. The maximum Gasteiger partial charge on any atom is 0.270 e. The van der Waals surface area contributed by atoms with Crippen molar-refractivity contribution < 1.29 is 14.5 Å². The molecule has 2 rings (SSSR count). The van der Waals surface area contributed by atoms with E-state index in [2.05, 4.69) is 0 Å². The van der Waals surface area contributed by atoms with E-state index >= 15 is 0 Å². The molecule has 1 unspecified atom stereocenters. The molecule has 1 saturated heterocycles. The Kier molecular flexibility index (Phi) is 4.67. The molecule has 1 heterocycles. The van der Waals surface area contributed by atoms with Crippen LogP contribution < -0.4 is 0 Å². The van der Waals surface area contributed by atoms with Gasteiger partial charge in [-0.1, -0.05) is 6.07 Å². The number of nitro groups is 1. The van der Waals surface area contributed by atoms with Gasteiger partial charge in [0.2, 0.25) is 0 Å². The monoisotopic (exact) mass is 290 g/mol. The highest BCUT2D eigenvalue weighted by molar-refractivity contribution is 5.95. The summed E-state index contributed by atoms with van der Waals surface area (Å²) in [6.45, 7) is 2.12. The van der Waals surface area contributed by atoms with Crippen LogP contribution in [0.5, 0.6) is 0 Å². The Morgan fingerprint density at radius 2 is 2.14 bits per heavy atom. The van der Waals surface area contributed by atoms with E-state index in [1.54, 1.807) is 11.0 Å². The second kappa shape index (κ2) is 6.47. The predicted molar refractivity (Wildman–Crippen MR) is 77.1 cm³/mol. The largest absolute Gasteiger partial charge is 0.335 e. The highest BCUT2D eigenvalue weighted by atomic mass is 16.6. The molecule has 1 atom stereocenters. The quantitative estimate of drug-likeness (QED) is 0.630. The summed E-state index contributed by atoms with van der Waals surface area (Å²) < 4.78 is 0. The van der Waals surface area contributed by atoms with Crippen molar-refractivity contribution >= 4 is 17.4 Å². The number of ketones is 1. The van der Waals surface area contributed by atoms with Crippen molar-refractivity contribution in [3.05, 3.63) is 39.9 Å². The standard InChI is InChI=1S/C15H18N2O4/c1-11(18)9-13-6-2-3-8-16(13)15(19)12-5-4-7-14(10-12)17(20)21/h4-5,7,10,13H,2-3,6,8-9H2,1H3. The molecule has 0 aliphatic carbocycles. The highest BCUT2D eigenvalue weighted by Gasteiger charge is 2.28. The zero-order valence-corrected chi connectivity index (χ0v) is 11.9. The average molecular weight is 290 g/mol. The average Bonchev–Trinajstić information content (AvgIpc) is 2.46. The molecule has 1 amide bonds. The van der Waals surface area contributed by atoms with E-state index in [-0.39, 0.29) is 23.4 Å². The van der Waals surface area contributed by atoms with Crippen LogP contribution in [0, 0.1) is 10.1 Å². The van der Waals surface area contributed by atoms with Gasteiger partial charge in [0.25, 0.3) is 11.6 Å². The molecule has 1 aromatic rings. The number of Topliss-reactive ketones (excluding diaryl/α,β-unsaturated/α-hetero) is 1. The number of carbonyl (C=O) groups excluding carboxylic acids is 2. The van der Waals surface area contributed by atoms with E-state index in [0.29, 0.717) is 18.5 Å². The zero-order valence-electron chi connectivity index (χ0n) is 11.9. The number of amides is 1. The van der Waals surface area contributed by atoms with Crippen molar-refractivity contribution in [2.24, 2.45) is 0 Å². The van der Waals surface area contributed by atoms with Gasteiger partial charge in [-0.2, -0.15) is 0 Å². The number of nitrogens with zero attached hydrogens (tertiary/aromatic N) is 2. The van der Waals surface area contributed by atoms with Crippen LogP contribution in [-0.2, 0) is 4.79 Å². The number of likely N-dealkylation sites (tertiary alicyclic amines) is 1. The zero-order chi connectivity index (χ0) is 15.4. The lowest BCUT2D eigenvalue weighted by atomic mass is 9.96. The molecule has 1 fully saturated rings. The van der Waals surface area contributed by atoms with Crippen molar-refractivity contribution in [1.29, 1.82) is 0 Å². The minimum atomic E-state index is -0.514. The lowest BCUT2D eigenvalue weighted by molar-refractivity contribution is -0.384. The van der Waals surface area contributed by atoms with Crippen LogP contribution in [-0.4, -0.2) is 34.1 Å². The first-order chi connectivity index (χ1) is 9.99. The fourth-order valence-corrected chi connectivity index (χ4v) is 2.73. The van der Waals surface area contributed by atoms with Crippen LogP contribution in [0.3, 0.4) is 0 Å². The van der Waals surface area contributed by atoms with Crippen LogP contribution in [0.4, 0.5) is 5.69 Å². The highest BCUT2D eigenvalue weighted by Crippen LogP contribution is 2.23. The maximum absolute atomic E-state index is 12.6. The Morgan fingerprint density at radius 3 is 2.81 bits per heavy atom. The Morgan fingerprint density at radius 1 is 1.38 bits per heavy atom. The van der Waals surface area contributed by atoms with Crippen molar-refractivity contribution in [2.45, 2.75) is 38.6 Å². The SMILES string of the molecule is CC(=O)CC1CCCCN1C(=O)c1cccc([N+](=O)[O-])c1. The summed E-state index contributed by atoms with van der Waals surface area (Å²) in [6.07, 6.45) is 3.05. The number of piperidine rings is 1. The number of benzene rings is 1. The van der Waals surface area contributed by atoms with Crippen molar-refractivity contribution in [3.8, 4) is 0 Å². The molecule has 21 heavy (non-hydrogen) atoms. The number of nitro benzene ring substituents is 1. The minimum absolute atomic E-state index is 0.0544. The summed E-state index contributed by atoms with van der Waals surface area (Å²) in [5.41, 5.74) is 0.209. The predicted octanol–water partition coefficient (Wildman–Crippen LogP) is 2.57. The van der Waals surface area contributed by atoms with Crippen molar-refractivity contribution in [2.75, 3.05) is 6.54 Å². The number of hydrogen-bond acceptors (Lipinski definition) is 4. The Balaban J connectivity index is 2.22. The molecule has 0 spiro atoms. The fraction of sp³-hybridized carbons (Fsp3) is 0.467. The summed E-state index contributed by atoms with van der Waals surface area (Å²) in [4.78, 5) is 35.9. The molecule has 0 N–H and O–H groups in total.